The highest BCUT2D eigenvalue weighted by Crippen LogP contribution is 2.24. The van der Waals surface area contributed by atoms with Crippen molar-refractivity contribution >= 4 is 28.4 Å². The van der Waals surface area contributed by atoms with Crippen LogP contribution in [0.4, 0.5) is 0 Å². The van der Waals surface area contributed by atoms with Gasteiger partial charge >= 0.3 is 0 Å². The number of phenols is 1. The molecule has 1 fully saturated rings. The Labute approximate surface area is 179 Å². The van der Waals surface area contributed by atoms with Crippen LogP contribution in [-0.2, 0) is 17.8 Å². The maximum atomic E-state index is 12.6. The summed E-state index contributed by atoms with van der Waals surface area (Å²) in [6.45, 7) is 2.15. The maximum Gasteiger partial charge on any atom is 0.252 e. The van der Waals surface area contributed by atoms with Gasteiger partial charge < -0.3 is 15.4 Å². The van der Waals surface area contributed by atoms with Gasteiger partial charge in [0.1, 0.15) is 5.75 Å². The minimum Gasteiger partial charge on any atom is -0.508 e. The number of aromatic hydroxyl groups is 1. The zero-order valence-electron chi connectivity index (χ0n) is 16.5. The van der Waals surface area contributed by atoms with E-state index in [9.17, 15) is 14.7 Å². The molecule has 1 aliphatic heterocycles. The number of hydrogen-bond acceptors (Lipinski definition) is 4. The number of carbonyl (C=O) groups excluding carboxylic acids is 1. The molecule has 0 radical (unpaired) electrons. The summed E-state index contributed by atoms with van der Waals surface area (Å²) >= 11 is 6.04. The molecule has 1 saturated heterocycles. The number of phenolic OH excluding ortho intramolecular Hbond substituents is 1. The van der Waals surface area contributed by atoms with Gasteiger partial charge in [-0.15, -0.1) is 0 Å². The number of piperidine rings is 1. The monoisotopic (exact) mass is 425 g/mol. The fourth-order valence-electron chi connectivity index (χ4n) is 4.01. The van der Waals surface area contributed by atoms with Crippen molar-refractivity contribution < 1.29 is 9.90 Å². The second-order valence-electron chi connectivity index (χ2n) is 7.80. The molecule has 0 saturated carbocycles. The fraction of sp³-hybridized carbons (Fsp3) is 0.304. The lowest BCUT2D eigenvalue weighted by Crippen LogP contribution is -2.48. The zero-order valence-corrected chi connectivity index (χ0v) is 17.3. The predicted molar refractivity (Wildman–Crippen MR) is 118 cm³/mol. The first-order valence-electron chi connectivity index (χ1n) is 10.1. The number of hydrogen-bond donors (Lipinski definition) is 3. The molecule has 2 heterocycles. The van der Waals surface area contributed by atoms with Crippen molar-refractivity contribution in [3.05, 3.63) is 75.0 Å². The summed E-state index contributed by atoms with van der Waals surface area (Å²) in [4.78, 5) is 29.9. The smallest absolute Gasteiger partial charge is 0.252 e. The maximum absolute atomic E-state index is 12.6. The van der Waals surface area contributed by atoms with Gasteiger partial charge in [0.05, 0.1) is 6.42 Å². The molecular weight excluding hydrogens is 402 g/mol. The molecule has 0 unspecified atom stereocenters. The quantitative estimate of drug-likeness (QED) is 0.586. The number of H-pyrrole nitrogens is 1. The molecule has 6 nitrogen and oxygen atoms in total. The average molecular weight is 426 g/mol. The molecule has 2 aromatic carbocycles. The molecule has 0 aliphatic carbocycles. The van der Waals surface area contributed by atoms with E-state index in [4.69, 9.17) is 11.6 Å². The van der Waals surface area contributed by atoms with Crippen molar-refractivity contribution in [3.8, 4) is 5.75 Å². The highest BCUT2D eigenvalue weighted by molar-refractivity contribution is 6.30. The van der Waals surface area contributed by atoms with Crippen LogP contribution in [0.15, 0.2) is 53.3 Å². The number of halogens is 1. The number of nitrogens with zero attached hydrogens (tertiary/aromatic N) is 1. The Hall–Kier alpha value is -2.83. The van der Waals surface area contributed by atoms with E-state index in [1.165, 1.54) is 0 Å². The Morgan fingerprint density at radius 2 is 2.03 bits per heavy atom. The third kappa shape index (κ3) is 4.83. The first-order valence-corrected chi connectivity index (χ1v) is 10.5. The molecule has 7 heteroatoms. The lowest BCUT2D eigenvalue weighted by molar-refractivity contribution is -0.121. The first kappa shape index (κ1) is 20.4. The molecular formula is C23H24ClN3O3. The highest BCUT2D eigenvalue weighted by Gasteiger charge is 2.22. The van der Waals surface area contributed by atoms with Crippen LogP contribution < -0.4 is 10.9 Å². The molecule has 0 spiro atoms. The number of para-hydroxylation sites is 1. The molecule has 156 valence electrons. The lowest BCUT2D eigenvalue weighted by Gasteiger charge is -2.33. The third-order valence-corrected chi connectivity index (χ3v) is 5.72. The van der Waals surface area contributed by atoms with E-state index in [2.05, 4.69) is 15.2 Å². The summed E-state index contributed by atoms with van der Waals surface area (Å²) in [5.41, 5.74) is 1.77. The number of pyridine rings is 1. The second kappa shape index (κ2) is 8.90. The van der Waals surface area contributed by atoms with Crippen molar-refractivity contribution in [2.24, 2.45) is 0 Å². The number of nitrogens with one attached hydrogen (secondary N) is 2. The molecule has 4 rings (SSSR count). The molecule has 3 aromatic rings. The van der Waals surface area contributed by atoms with Gasteiger partial charge in [0.15, 0.2) is 0 Å². The Kier molecular flexibility index (Phi) is 6.06. The van der Waals surface area contributed by atoms with Crippen LogP contribution in [0.1, 0.15) is 24.0 Å². The number of rotatable bonds is 5. The number of amides is 1. The number of aromatic nitrogens is 1. The summed E-state index contributed by atoms with van der Waals surface area (Å²) < 4.78 is 0. The number of fused-ring (bicyclic) bond motifs is 1. The Balaban J connectivity index is 1.38. The van der Waals surface area contributed by atoms with Crippen molar-refractivity contribution in [3.63, 3.8) is 0 Å². The third-order valence-electron chi connectivity index (χ3n) is 5.49. The number of benzene rings is 2. The van der Waals surface area contributed by atoms with Crippen LogP contribution in [0.2, 0.25) is 5.02 Å². The Bertz CT molecular complexity index is 1130. The van der Waals surface area contributed by atoms with Crippen molar-refractivity contribution in [1.82, 2.24) is 15.2 Å². The Morgan fingerprint density at radius 3 is 2.90 bits per heavy atom. The Morgan fingerprint density at radius 1 is 1.20 bits per heavy atom. The van der Waals surface area contributed by atoms with Gasteiger partial charge in [-0.25, -0.2) is 0 Å². The molecule has 0 bridgehead atoms. The van der Waals surface area contributed by atoms with Gasteiger partial charge in [0.2, 0.25) is 5.91 Å². The molecule has 1 atom stereocenters. The number of carbonyl (C=O) groups is 1. The summed E-state index contributed by atoms with van der Waals surface area (Å²) in [5.74, 6) is 0.0642. The van der Waals surface area contributed by atoms with Crippen LogP contribution in [0.5, 0.6) is 5.75 Å². The molecule has 30 heavy (non-hydrogen) atoms. The van der Waals surface area contributed by atoms with Crippen LogP contribution in [-0.4, -0.2) is 40.0 Å². The first-order chi connectivity index (χ1) is 14.5. The van der Waals surface area contributed by atoms with Crippen LogP contribution in [0, 0.1) is 0 Å². The van der Waals surface area contributed by atoms with Crippen molar-refractivity contribution in [2.45, 2.75) is 31.8 Å². The van der Waals surface area contributed by atoms with Gasteiger partial charge in [0.25, 0.3) is 5.56 Å². The van der Waals surface area contributed by atoms with Crippen LogP contribution in [0.25, 0.3) is 10.9 Å². The van der Waals surface area contributed by atoms with E-state index in [1.54, 1.807) is 24.3 Å². The van der Waals surface area contributed by atoms with Gasteiger partial charge in [-0.1, -0.05) is 29.8 Å². The normalized spacial score (nSPS) is 17.2. The molecule has 1 amide bonds. The topological polar surface area (TPSA) is 85.4 Å². The lowest BCUT2D eigenvalue weighted by atomic mass is 10.0. The van der Waals surface area contributed by atoms with Gasteiger partial charge in [0, 0.05) is 40.8 Å². The molecule has 3 N–H and O–H groups in total. The average Bonchev–Trinajstić information content (AvgIpc) is 2.71. The molecule has 1 aliphatic rings. The zero-order chi connectivity index (χ0) is 21.1. The van der Waals surface area contributed by atoms with E-state index in [-0.39, 0.29) is 29.7 Å². The van der Waals surface area contributed by atoms with Gasteiger partial charge in [-0.2, -0.15) is 0 Å². The SMILES string of the molecule is O=C(Cc1cc2ccccc2[nH]c1=O)N[C@@H]1CCCN(Cc2cc(Cl)ccc2O)C1. The van der Waals surface area contributed by atoms with Crippen LogP contribution in [0.3, 0.4) is 0 Å². The summed E-state index contributed by atoms with van der Waals surface area (Å²) in [7, 11) is 0. The predicted octanol–water partition coefficient (Wildman–Crippen LogP) is 3.21. The van der Waals surface area contributed by atoms with E-state index < -0.39 is 0 Å². The van der Waals surface area contributed by atoms with E-state index in [1.807, 2.05) is 24.3 Å². The largest absolute Gasteiger partial charge is 0.508 e. The van der Waals surface area contributed by atoms with Crippen molar-refractivity contribution in [2.75, 3.05) is 13.1 Å². The van der Waals surface area contributed by atoms with Crippen molar-refractivity contribution in [1.29, 1.82) is 0 Å². The summed E-state index contributed by atoms with van der Waals surface area (Å²) in [5, 5.41) is 14.6. The summed E-state index contributed by atoms with van der Waals surface area (Å²) in [6.07, 6.45) is 1.88. The number of aromatic amines is 1. The second-order valence-corrected chi connectivity index (χ2v) is 8.24. The number of likely N-dealkylation sites (tertiary alicyclic amines) is 1. The van der Waals surface area contributed by atoms with E-state index >= 15 is 0 Å². The van der Waals surface area contributed by atoms with Crippen LogP contribution >= 0.6 is 11.6 Å². The van der Waals surface area contributed by atoms with E-state index in [0.29, 0.717) is 23.7 Å². The minimum atomic E-state index is -0.231. The highest BCUT2D eigenvalue weighted by atomic mass is 35.5. The van der Waals surface area contributed by atoms with Gasteiger partial charge in [-0.3, -0.25) is 14.5 Å². The minimum absolute atomic E-state index is 0.00659. The summed E-state index contributed by atoms with van der Waals surface area (Å²) in [6, 6.07) is 14.3. The molecule has 1 aromatic heterocycles. The van der Waals surface area contributed by atoms with Gasteiger partial charge in [-0.05, 0) is 55.1 Å². The van der Waals surface area contributed by atoms with E-state index in [0.717, 1.165) is 35.9 Å². The fourth-order valence-corrected chi connectivity index (χ4v) is 4.21. The standard InChI is InChI=1S/C23H24ClN3O3/c24-18-7-8-21(28)17(11-18)13-27-9-3-5-19(14-27)25-22(29)12-16-10-15-4-1-2-6-20(15)26-23(16)30/h1-2,4,6-8,10-11,19,28H,3,5,9,12-14H2,(H,25,29)(H,26,30)/t19-/m1/s1.